The predicted octanol–water partition coefficient (Wildman–Crippen LogP) is -1.31. The highest BCUT2D eigenvalue weighted by Crippen LogP contribution is 2.41. The number of rotatable bonds is 8. The summed E-state index contributed by atoms with van der Waals surface area (Å²) in [5.74, 6) is -1.35. The molecule has 8 heteroatoms. The molecule has 0 spiro atoms. The van der Waals surface area contributed by atoms with Crippen LogP contribution < -0.4 is 0 Å². The van der Waals surface area contributed by atoms with E-state index in [0.29, 0.717) is 12.8 Å². The molecule has 0 aliphatic rings. The van der Waals surface area contributed by atoms with E-state index < -0.39 is 36.7 Å². The zero-order valence-corrected chi connectivity index (χ0v) is 9.68. The lowest BCUT2D eigenvalue weighted by Gasteiger charge is -2.42. The first-order valence-electron chi connectivity index (χ1n) is 5.42. The van der Waals surface area contributed by atoms with Crippen molar-refractivity contribution in [1.82, 2.24) is 15.2 Å². The molecule has 6 N–H and O–H groups in total. The van der Waals surface area contributed by atoms with Crippen molar-refractivity contribution in [3.05, 3.63) is 0 Å². The van der Waals surface area contributed by atoms with Gasteiger partial charge in [-0.15, -0.1) is 0 Å². The first kappa shape index (κ1) is 13.8. The second-order valence-electron chi connectivity index (χ2n) is 4.20. The molecular weight excluding hydrogens is 230 g/mol. The minimum Gasteiger partial charge on any atom is -0.481 e. The van der Waals surface area contributed by atoms with Crippen LogP contribution >= 0.6 is 0 Å². The molecule has 1 rings (SSSR count). The highest BCUT2D eigenvalue weighted by atomic mass is 16.4. The number of aromatic nitrogens is 3. The van der Waals surface area contributed by atoms with Gasteiger partial charge in [0.25, 0.3) is 0 Å². The topological polar surface area (TPSA) is 134 Å². The number of aliphatic hydroxyl groups is 3. The summed E-state index contributed by atoms with van der Waals surface area (Å²) in [4.78, 5) is 12.7. The molecule has 0 radical (unpaired) electrons. The van der Waals surface area contributed by atoms with Crippen LogP contribution in [0.5, 0.6) is 0 Å². The SMILES string of the molecule is CCCC(CO)(n1[nH][nH]1)C(CO)(CO)C(=O)O. The highest BCUT2D eigenvalue weighted by Gasteiger charge is 2.59. The third-order valence-electron chi connectivity index (χ3n) is 3.42. The average molecular weight is 249 g/mol. The summed E-state index contributed by atoms with van der Waals surface area (Å²) in [6, 6.07) is 0. The summed E-state index contributed by atoms with van der Waals surface area (Å²) in [7, 11) is 0. The molecule has 0 aromatic carbocycles. The molecule has 0 amide bonds. The van der Waals surface area contributed by atoms with E-state index in [0.717, 1.165) is 0 Å². The number of aliphatic carboxylic acids is 1. The molecule has 100 valence electrons. The number of carboxylic acid groups (broad SMARTS) is 1. The van der Waals surface area contributed by atoms with E-state index in [1.54, 1.807) is 0 Å². The Kier molecular flexibility index (Phi) is 4.02. The summed E-state index contributed by atoms with van der Waals surface area (Å²) >= 11 is 0. The summed E-state index contributed by atoms with van der Waals surface area (Å²) in [6.07, 6.45) is 0.895. The van der Waals surface area contributed by atoms with E-state index in [1.807, 2.05) is 6.92 Å². The van der Waals surface area contributed by atoms with Crippen LogP contribution in [0, 0.1) is 5.41 Å². The number of hydrogen-bond donors (Lipinski definition) is 6. The molecule has 0 aliphatic carbocycles. The van der Waals surface area contributed by atoms with Gasteiger partial charge in [-0.05, 0) is 6.42 Å². The van der Waals surface area contributed by atoms with Crippen LogP contribution in [0.25, 0.3) is 0 Å². The van der Waals surface area contributed by atoms with E-state index in [2.05, 4.69) is 10.4 Å². The fourth-order valence-corrected chi connectivity index (χ4v) is 2.20. The number of carboxylic acids is 1. The van der Waals surface area contributed by atoms with E-state index in [9.17, 15) is 25.2 Å². The molecule has 0 bridgehead atoms. The van der Waals surface area contributed by atoms with Gasteiger partial charge in [-0.1, -0.05) is 13.3 Å². The van der Waals surface area contributed by atoms with E-state index >= 15 is 0 Å². The van der Waals surface area contributed by atoms with Crippen LogP contribution in [0.4, 0.5) is 0 Å². The van der Waals surface area contributed by atoms with Crippen molar-refractivity contribution in [1.29, 1.82) is 0 Å². The summed E-state index contributed by atoms with van der Waals surface area (Å²) in [5.41, 5.74) is -3.13. The fourth-order valence-electron chi connectivity index (χ4n) is 2.20. The molecule has 8 nitrogen and oxygen atoms in total. The molecule has 1 atom stereocenters. The molecule has 1 aromatic rings. The normalized spacial score (nSPS) is 16.0. The summed E-state index contributed by atoms with van der Waals surface area (Å²) in [5, 5.41) is 42.8. The van der Waals surface area contributed by atoms with Crippen molar-refractivity contribution >= 4 is 5.97 Å². The third-order valence-corrected chi connectivity index (χ3v) is 3.42. The number of aliphatic hydroxyl groups excluding tert-OH is 3. The Morgan fingerprint density at radius 2 is 1.71 bits per heavy atom. The highest BCUT2D eigenvalue weighted by molar-refractivity contribution is 5.76. The molecule has 0 fully saturated rings. The van der Waals surface area contributed by atoms with Crippen molar-refractivity contribution in [2.75, 3.05) is 19.8 Å². The van der Waals surface area contributed by atoms with E-state index in [4.69, 9.17) is 0 Å². The Labute approximate surface area is 97.8 Å². The van der Waals surface area contributed by atoms with Gasteiger partial charge in [0.05, 0.1) is 19.8 Å². The van der Waals surface area contributed by atoms with Gasteiger partial charge in [-0.3, -0.25) is 4.79 Å². The summed E-state index contributed by atoms with van der Waals surface area (Å²) < 4.78 is 0. The second kappa shape index (κ2) is 4.94. The van der Waals surface area contributed by atoms with Crippen LogP contribution in [-0.2, 0) is 10.3 Å². The van der Waals surface area contributed by atoms with Crippen molar-refractivity contribution in [3.8, 4) is 0 Å². The first-order valence-corrected chi connectivity index (χ1v) is 5.42. The van der Waals surface area contributed by atoms with Gasteiger partial charge < -0.3 is 20.4 Å². The van der Waals surface area contributed by atoms with Crippen molar-refractivity contribution in [3.63, 3.8) is 0 Å². The standard InChI is InChI=1S/C9H19N3O5/c1-2-3-9(6-15,12-10-11-12)8(4-13,5-14)7(16)17/h10-11,13-15H,2-6H2,1H3,(H,16,17). The zero-order valence-electron chi connectivity index (χ0n) is 9.68. The Hall–Kier alpha value is -1.25. The predicted molar refractivity (Wildman–Crippen MR) is 57.3 cm³/mol. The molecule has 1 aromatic heterocycles. The maximum absolute atomic E-state index is 11.4. The van der Waals surface area contributed by atoms with Gasteiger partial charge in [0.2, 0.25) is 0 Å². The minimum absolute atomic E-state index is 0.302. The first-order chi connectivity index (χ1) is 8.04. The lowest BCUT2D eigenvalue weighted by molar-refractivity contribution is -0.172. The fraction of sp³-hybridized carbons (Fsp3) is 0.889. The minimum atomic E-state index is -1.84. The smallest absolute Gasteiger partial charge is 0.317 e. The van der Waals surface area contributed by atoms with Crippen LogP contribution in [-0.4, -0.2) is 61.4 Å². The Morgan fingerprint density at radius 3 is 1.94 bits per heavy atom. The van der Waals surface area contributed by atoms with E-state index in [1.165, 1.54) is 4.80 Å². The maximum Gasteiger partial charge on any atom is 0.317 e. The van der Waals surface area contributed by atoms with Crippen molar-refractivity contribution in [2.24, 2.45) is 5.41 Å². The van der Waals surface area contributed by atoms with Gasteiger partial charge in [-0.2, -0.15) is 4.80 Å². The molecule has 1 heterocycles. The van der Waals surface area contributed by atoms with Crippen LogP contribution in [0.2, 0.25) is 0 Å². The molecule has 0 saturated heterocycles. The third kappa shape index (κ3) is 1.88. The number of hydrogen-bond acceptors (Lipinski definition) is 4. The van der Waals surface area contributed by atoms with Crippen molar-refractivity contribution in [2.45, 2.75) is 25.3 Å². The number of H-pyrrole nitrogens is 2. The second-order valence-corrected chi connectivity index (χ2v) is 4.20. The van der Waals surface area contributed by atoms with Crippen LogP contribution in [0.3, 0.4) is 0 Å². The monoisotopic (exact) mass is 249 g/mol. The van der Waals surface area contributed by atoms with Gasteiger partial charge in [0.1, 0.15) is 11.0 Å². The maximum atomic E-state index is 11.4. The van der Waals surface area contributed by atoms with Crippen molar-refractivity contribution < 1.29 is 25.2 Å². The quantitative estimate of drug-likeness (QED) is 0.340. The average Bonchev–Trinajstić information content (AvgIpc) is 3.13. The van der Waals surface area contributed by atoms with Gasteiger partial charge in [-0.25, -0.2) is 10.4 Å². The zero-order chi connectivity index (χ0) is 13.1. The Balaban J connectivity index is 3.27. The molecule has 0 aliphatic heterocycles. The van der Waals surface area contributed by atoms with Gasteiger partial charge >= 0.3 is 5.97 Å². The summed E-state index contributed by atoms with van der Waals surface area (Å²) in [6.45, 7) is -0.206. The number of aromatic amines is 2. The van der Waals surface area contributed by atoms with Gasteiger partial charge in [0, 0.05) is 0 Å². The lowest BCUT2D eigenvalue weighted by Crippen LogP contribution is -2.60. The molecule has 1 unspecified atom stereocenters. The number of nitrogens with zero attached hydrogens (tertiary/aromatic N) is 1. The Morgan fingerprint density at radius 1 is 1.18 bits per heavy atom. The number of nitrogens with one attached hydrogen (secondary N) is 2. The number of carbonyl (C=O) groups is 1. The Bertz CT molecular complexity index is 343. The van der Waals surface area contributed by atoms with E-state index in [-0.39, 0.29) is 0 Å². The van der Waals surface area contributed by atoms with Crippen LogP contribution in [0.15, 0.2) is 0 Å². The molecular formula is C9H19N3O5. The van der Waals surface area contributed by atoms with Crippen LogP contribution in [0.1, 0.15) is 19.8 Å². The van der Waals surface area contributed by atoms with Gasteiger partial charge in [0.15, 0.2) is 0 Å². The molecule has 0 saturated carbocycles. The lowest BCUT2D eigenvalue weighted by atomic mass is 9.68. The molecule has 17 heavy (non-hydrogen) atoms. The largest absolute Gasteiger partial charge is 0.481 e.